The summed E-state index contributed by atoms with van der Waals surface area (Å²) >= 11 is 0. The van der Waals surface area contributed by atoms with Crippen molar-refractivity contribution in [1.29, 1.82) is 0 Å². The first-order valence-electron chi connectivity index (χ1n) is 5.86. The van der Waals surface area contributed by atoms with E-state index < -0.39 is 0 Å². The molecule has 3 aromatic rings. The molecule has 1 aromatic carbocycles. The van der Waals surface area contributed by atoms with E-state index in [4.69, 9.17) is 0 Å². The zero-order valence-electron chi connectivity index (χ0n) is 10.1. The number of hydrogen-bond acceptors (Lipinski definition) is 2. The van der Waals surface area contributed by atoms with Crippen LogP contribution in [0.15, 0.2) is 54.9 Å². The van der Waals surface area contributed by atoms with E-state index >= 15 is 0 Å². The van der Waals surface area contributed by atoms with Crippen LogP contribution in [0.4, 0.5) is 0 Å². The average molecular weight is 235 g/mol. The Morgan fingerprint density at radius 2 is 1.61 bits per heavy atom. The molecule has 2 heterocycles. The number of pyridine rings is 1. The van der Waals surface area contributed by atoms with Crippen LogP contribution in [0.25, 0.3) is 22.5 Å². The molecule has 0 spiro atoms. The van der Waals surface area contributed by atoms with E-state index in [0.717, 1.165) is 22.5 Å². The largest absolute Gasteiger partial charge is 0.277 e. The molecule has 0 aliphatic carbocycles. The number of nitrogens with one attached hydrogen (secondary N) is 1. The first-order chi connectivity index (χ1) is 8.83. The summed E-state index contributed by atoms with van der Waals surface area (Å²) in [4.78, 5) is 4.01. The molecule has 0 fully saturated rings. The molecule has 2 aromatic heterocycles. The van der Waals surface area contributed by atoms with Gasteiger partial charge in [-0.3, -0.25) is 10.1 Å². The molecular weight excluding hydrogens is 222 g/mol. The third-order valence-corrected chi connectivity index (χ3v) is 2.92. The number of H-pyrrole nitrogens is 1. The minimum absolute atomic E-state index is 0.960. The van der Waals surface area contributed by atoms with Gasteiger partial charge in [0.15, 0.2) is 0 Å². The molecule has 3 rings (SSSR count). The summed E-state index contributed by atoms with van der Waals surface area (Å²) < 4.78 is 0. The summed E-state index contributed by atoms with van der Waals surface area (Å²) in [5, 5.41) is 7.40. The van der Waals surface area contributed by atoms with Crippen molar-refractivity contribution in [2.45, 2.75) is 6.92 Å². The number of aromatic nitrogens is 3. The van der Waals surface area contributed by atoms with Gasteiger partial charge in [0.05, 0.1) is 11.4 Å². The molecule has 0 amide bonds. The van der Waals surface area contributed by atoms with E-state index in [0.29, 0.717) is 0 Å². The highest BCUT2D eigenvalue weighted by atomic mass is 15.1. The predicted octanol–water partition coefficient (Wildman–Crippen LogP) is 3.45. The predicted molar refractivity (Wildman–Crippen MR) is 72.0 cm³/mol. The van der Waals surface area contributed by atoms with E-state index in [1.54, 1.807) is 12.4 Å². The lowest BCUT2D eigenvalue weighted by atomic mass is 10.1. The van der Waals surface area contributed by atoms with Gasteiger partial charge in [-0.15, -0.1) is 0 Å². The van der Waals surface area contributed by atoms with Crippen molar-refractivity contribution in [2.24, 2.45) is 0 Å². The maximum Gasteiger partial charge on any atom is 0.0927 e. The molecule has 3 heteroatoms. The van der Waals surface area contributed by atoms with E-state index in [-0.39, 0.29) is 0 Å². The Morgan fingerprint density at radius 3 is 2.33 bits per heavy atom. The fraction of sp³-hybridized carbons (Fsp3) is 0.0667. The maximum absolute atomic E-state index is 4.35. The molecule has 3 nitrogen and oxygen atoms in total. The van der Waals surface area contributed by atoms with Crippen molar-refractivity contribution in [3.05, 3.63) is 60.4 Å². The standard InChI is InChI=1S/C15H13N3/c1-11-2-4-12(5-3-11)14-10-15(18-17-14)13-6-8-16-9-7-13/h2-10H,1H3,(H,17,18). The lowest BCUT2D eigenvalue weighted by Gasteiger charge is -1.96. The summed E-state index contributed by atoms with van der Waals surface area (Å²) in [5.41, 5.74) is 5.44. The topological polar surface area (TPSA) is 41.6 Å². The van der Waals surface area contributed by atoms with E-state index in [1.165, 1.54) is 5.56 Å². The molecule has 0 bridgehead atoms. The smallest absolute Gasteiger partial charge is 0.0927 e. The third-order valence-electron chi connectivity index (χ3n) is 2.92. The minimum atomic E-state index is 0.960. The number of aromatic amines is 1. The van der Waals surface area contributed by atoms with Gasteiger partial charge in [-0.2, -0.15) is 5.10 Å². The van der Waals surface area contributed by atoms with Crippen molar-refractivity contribution >= 4 is 0 Å². The second kappa shape index (κ2) is 4.45. The van der Waals surface area contributed by atoms with Crippen molar-refractivity contribution in [3.63, 3.8) is 0 Å². The van der Waals surface area contributed by atoms with Crippen LogP contribution in [-0.4, -0.2) is 15.2 Å². The summed E-state index contributed by atoms with van der Waals surface area (Å²) in [6.07, 6.45) is 3.56. The van der Waals surface area contributed by atoms with Crippen LogP contribution in [0.5, 0.6) is 0 Å². The molecule has 0 unspecified atom stereocenters. The van der Waals surface area contributed by atoms with Gasteiger partial charge in [0.1, 0.15) is 0 Å². The van der Waals surface area contributed by atoms with Gasteiger partial charge in [-0.1, -0.05) is 29.8 Å². The van der Waals surface area contributed by atoms with Crippen LogP contribution in [-0.2, 0) is 0 Å². The highest BCUT2D eigenvalue weighted by Crippen LogP contribution is 2.23. The van der Waals surface area contributed by atoms with Gasteiger partial charge >= 0.3 is 0 Å². The molecule has 0 aliphatic rings. The Bertz CT molecular complexity index is 639. The number of aryl methyl sites for hydroxylation is 1. The summed E-state index contributed by atoms with van der Waals surface area (Å²) in [6.45, 7) is 2.08. The molecule has 0 saturated carbocycles. The normalized spacial score (nSPS) is 10.5. The molecule has 1 N–H and O–H groups in total. The molecule has 0 saturated heterocycles. The van der Waals surface area contributed by atoms with Crippen LogP contribution in [0.3, 0.4) is 0 Å². The summed E-state index contributed by atoms with van der Waals surface area (Å²) in [7, 11) is 0. The fourth-order valence-corrected chi connectivity index (χ4v) is 1.87. The number of hydrogen-bond donors (Lipinski definition) is 1. The third kappa shape index (κ3) is 2.02. The zero-order chi connectivity index (χ0) is 12.4. The second-order valence-electron chi connectivity index (χ2n) is 4.27. The summed E-state index contributed by atoms with van der Waals surface area (Å²) in [6, 6.07) is 14.3. The first kappa shape index (κ1) is 10.7. The van der Waals surface area contributed by atoms with Gasteiger partial charge in [0.25, 0.3) is 0 Å². The quantitative estimate of drug-likeness (QED) is 0.739. The van der Waals surface area contributed by atoms with Gasteiger partial charge in [-0.25, -0.2) is 0 Å². The Kier molecular flexibility index (Phi) is 2.65. The lowest BCUT2D eigenvalue weighted by molar-refractivity contribution is 1.10. The highest BCUT2D eigenvalue weighted by Gasteiger charge is 2.05. The van der Waals surface area contributed by atoms with Crippen molar-refractivity contribution in [3.8, 4) is 22.5 Å². The Balaban J connectivity index is 1.97. The number of benzene rings is 1. The van der Waals surface area contributed by atoms with E-state index in [2.05, 4.69) is 52.4 Å². The van der Waals surface area contributed by atoms with Crippen LogP contribution < -0.4 is 0 Å². The Labute approximate surface area is 106 Å². The lowest BCUT2D eigenvalue weighted by Crippen LogP contribution is -1.78. The summed E-state index contributed by atoms with van der Waals surface area (Å²) in [5.74, 6) is 0. The molecule has 0 atom stereocenters. The van der Waals surface area contributed by atoms with Crippen LogP contribution in [0.2, 0.25) is 0 Å². The minimum Gasteiger partial charge on any atom is -0.277 e. The highest BCUT2D eigenvalue weighted by molar-refractivity contribution is 5.67. The van der Waals surface area contributed by atoms with Gasteiger partial charge < -0.3 is 0 Å². The van der Waals surface area contributed by atoms with E-state index in [1.807, 2.05) is 12.1 Å². The van der Waals surface area contributed by atoms with Gasteiger partial charge in [-0.05, 0) is 25.1 Å². The monoisotopic (exact) mass is 235 g/mol. The van der Waals surface area contributed by atoms with Crippen LogP contribution >= 0.6 is 0 Å². The maximum atomic E-state index is 4.35. The van der Waals surface area contributed by atoms with Gasteiger partial charge in [0.2, 0.25) is 0 Å². The van der Waals surface area contributed by atoms with Crippen molar-refractivity contribution in [1.82, 2.24) is 15.2 Å². The first-order valence-corrected chi connectivity index (χ1v) is 5.86. The second-order valence-corrected chi connectivity index (χ2v) is 4.27. The molecular formula is C15H13N3. The van der Waals surface area contributed by atoms with E-state index in [9.17, 15) is 0 Å². The Morgan fingerprint density at radius 1 is 0.889 bits per heavy atom. The average Bonchev–Trinajstić information content (AvgIpc) is 2.90. The number of nitrogens with zero attached hydrogens (tertiary/aromatic N) is 2. The van der Waals surface area contributed by atoms with Crippen LogP contribution in [0.1, 0.15) is 5.56 Å². The SMILES string of the molecule is Cc1ccc(-c2cc(-c3ccncc3)[nH]n2)cc1. The Hall–Kier alpha value is -2.42. The molecule has 18 heavy (non-hydrogen) atoms. The molecule has 0 radical (unpaired) electrons. The zero-order valence-corrected chi connectivity index (χ0v) is 10.1. The van der Waals surface area contributed by atoms with Crippen molar-refractivity contribution < 1.29 is 0 Å². The molecule has 0 aliphatic heterocycles. The number of rotatable bonds is 2. The van der Waals surface area contributed by atoms with Gasteiger partial charge in [0, 0.05) is 23.5 Å². The van der Waals surface area contributed by atoms with Crippen LogP contribution in [0, 0.1) is 6.92 Å². The van der Waals surface area contributed by atoms with Crippen molar-refractivity contribution in [2.75, 3.05) is 0 Å². The fourth-order valence-electron chi connectivity index (χ4n) is 1.87. The molecule has 88 valence electrons.